The molecule has 0 aliphatic carbocycles. The second-order valence-corrected chi connectivity index (χ2v) is 6.46. The Hall–Kier alpha value is -2.67. The Morgan fingerprint density at radius 1 is 1.31 bits per heavy atom. The van der Waals surface area contributed by atoms with Gasteiger partial charge in [-0.1, -0.05) is 5.57 Å². The van der Waals surface area contributed by atoms with Crippen molar-refractivity contribution in [2.24, 2.45) is 0 Å². The molecule has 1 aliphatic heterocycles. The highest BCUT2D eigenvalue weighted by atomic mass is 16.5. The molecule has 138 valence electrons. The molecule has 0 saturated carbocycles. The molecule has 2 aromatic heterocycles. The number of anilines is 1. The average molecular weight is 356 g/mol. The molecule has 7 nitrogen and oxygen atoms in total. The van der Waals surface area contributed by atoms with E-state index in [1.807, 2.05) is 19.1 Å². The SMILES string of the molecule is COC(=O)c1cc(C)nc(N2CCN(CC(C)=Cc3ccco3)CC2)n1. The van der Waals surface area contributed by atoms with Gasteiger partial charge in [0.05, 0.1) is 13.4 Å². The van der Waals surface area contributed by atoms with Crippen LogP contribution in [0.15, 0.2) is 34.5 Å². The maximum Gasteiger partial charge on any atom is 0.356 e. The number of ether oxygens (including phenoxy) is 1. The summed E-state index contributed by atoms with van der Waals surface area (Å²) in [6, 6.07) is 5.49. The van der Waals surface area contributed by atoms with Crippen molar-refractivity contribution < 1.29 is 13.9 Å². The normalized spacial score (nSPS) is 16.0. The van der Waals surface area contributed by atoms with Crippen LogP contribution in [0.3, 0.4) is 0 Å². The molecule has 3 heterocycles. The molecule has 2 aromatic rings. The van der Waals surface area contributed by atoms with E-state index in [1.165, 1.54) is 12.7 Å². The lowest BCUT2D eigenvalue weighted by molar-refractivity contribution is 0.0593. The Bertz CT molecular complexity index is 778. The van der Waals surface area contributed by atoms with Crippen LogP contribution < -0.4 is 4.90 Å². The summed E-state index contributed by atoms with van der Waals surface area (Å²) in [5.41, 5.74) is 2.32. The van der Waals surface area contributed by atoms with Crippen LogP contribution >= 0.6 is 0 Å². The molecule has 0 unspecified atom stereocenters. The minimum atomic E-state index is -0.436. The van der Waals surface area contributed by atoms with Gasteiger partial charge in [0.2, 0.25) is 5.95 Å². The number of esters is 1. The second-order valence-electron chi connectivity index (χ2n) is 6.46. The Morgan fingerprint density at radius 2 is 2.08 bits per heavy atom. The van der Waals surface area contributed by atoms with Crippen molar-refractivity contribution in [2.75, 3.05) is 44.7 Å². The highest BCUT2D eigenvalue weighted by Gasteiger charge is 2.21. The van der Waals surface area contributed by atoms with E-state index in [9.17, 15) is 4.79 Å². The van der Waals surface area contributed by atoms with Crippen LogP contribution in [-0.2, 0) is 4.74 Å². The molecule has 1 aliphatic rings. The summed E-state index contributed by atoms with van der Waals surface area (Å²) in [6.45, 7) is 8.33. The number of hydrogen-bond donors (Lipinski definition) is 0. The molecule has 1 saturated heterocycles. The summed E-state index contributed by atoms with van der Waals surface area (Å²) in [7, 11) is 1.36. The number of aryl methyl sites for hydroxylation is 1. The van der Waals surface area contributed by atoms with Crippen molar-refractivity contribution in [3.8, 4) is 0 Å². The Morgan fingerprint density at radius 3 is 2.73 bits per heavy atom. The fraction of sp³-hybridized carbons (Fsp3) is 0.421. The number of hydrogen-bond acceptors (Lipinski definition) is 7. The Balaban J connectivity index is 1.60. The van der Waals surface area contributed by atoms with Crippen molar-refractivity contribution in [3.05, 3.63) is 47.2 Å². The minimum absolute atomic E-state index is 0.301. The second kappa shape index (κ2) is 8.14. The van der Waals surface area contributed by atoms with Crippen molar-refractivity contribution in [3.63, 3.8) is 0 Å². The van der Waals surface area contributed by atoms with E-state index in [2.05, 4.69) is 32.8 Å². The van der Waals surface area contributed by atoms with Crippen LogP contribution in [-0.4, -0.2) is 60.7 Å². The van der Waals surface area contributed by atoms with Gasteiger partial charge < -0.3 is 14.1 Å². The van der Waals surface area contributed by atoms with Crippen LogP contribution in [0.5, 0.6) is 0 Å². The maximum absolute atomic E-state index is 11.8. The van der Waals surface area contributed by atoms with Gasteiger partial charge in [0, 0.05) is 38.4 Å². The molecule has 3 rings (SSSR count). The molecular weight excluding hydrogens is 332 g/mol. The number of nitrogens with zero attached hydrogens (tertiary/aromatic N) is 4. The summed E-state index contributed by atoms with van der Waals surface area (Å²) in [6.07, 6.45) is 3.75. The number of rotatable bonds is 5. The lowest BCUT2D eigenvalue weighted by Crippen LogP contribution is -2.47. The first-order valence-electron chi connectivity index (χ1n) is 8.67. The molecule has 26 heavy (non-hydrogen) atoms. The molecule has 0 bridgehead atoms. The van der Waals surface area contributed by atoms with Gasteiger partial charge >= 0.3 is 5.97 Å². The first kappa shape index (κ1) is 18.1. The van der Waals surface area contributed by atoms with Gasteiger partial charge in [0.25, 0.3) is 0 Å². The Kier molecular flexibility index (Phi) is 5.68. The maximum atomic E-state index is 11.8. The third-order valence-corrected chi connectivity index (χ3v) is 4.30. The van der Waals surface area contributed by atoms with Gasteiger partial charge in [0.1, 0.15) is 5.76 Å². The van der Waals surface area contributed by atoms with Crippen molar-refractivity contribution >= 4 is 18.0 Å². The summed E-state index contributed by atoms with van der Waals surface area (Å²) in [4.78, 5) is 25.1. The Labute approximate surface area is 153 Å². The van der Waals surface area contributed by atoms with Gasteiger partial charge in [0.15, 0.2) is 5.69 Å². The van der Waals surface area contributed by atoms with E-state index in [4.69, 9.17) is 9.15 Å². The van der Waals surface area contributed by atoms with E-state index in [1.54, 1.807) is 12.3 Å². The van der Waals surface area contributed by atoms with Crippen LogP contribution in [0.1, 0.15) is 28.9 Å². The zero-order chi connectivity index (χ0) is 18.5. The molecule has 0 radical (unpaired) electrons. The third kappa shape index (κ3) is 4.49. The molecule has 0 N–H and O–H groups in total. The number of carbonyl (C=O) groups is 1. The topological polar surface area (TPSA) is 71.7 Å². The number of methoxy groups -OCH3 is 1. The summed E-state index contributed by atoms with van der Waals surface area (Å²) in [5, 5.41) is 0. The molecule has 0 spiro atoms. The standard InChI is InChI=1S/C19H24N4O3/c1-14(11-16-5-4-10-26-16)13-22-6-8-23(9-7-22)19-20-15(2)12-17(21-19)18(24)25-3/h4-5,10-12H,6-9,13H2,1-3H3. The summed E-state index contributed by atoms with van der Waals surface area (Å²) in [5.74, 6) is 1.03. The average Bonchev–Trinajstić information content (AvgIpc) is 3.14. The fourth-order valence-electron chi connectivity index (χ4n) is 3.02. The van der Waals surface area contributed by atoms with E-state index in [0.717, 1.165) is 44.2 Å². The monoisotopic (exact) mass is 356 g/mol. The lowest BCUT2D eigenvalue weighted by atomic mass is 10.2. The number of carbonyl (C=O) groups excluding carboxylic acids is 1. The molecule has 0 atom stereocenters. The predicted molar refractivity (Wildman–Crippen MR) is 99.1 cm³/mol. The first-order valence-corrected chi connectivity index (χ1v) is 8.67. The number of piperazine rings is 1. The minimum Gasteiger partial charge on any atom is -0.465 e. The smallest absolute Gasteiger partial charge is 0.356 e. The van der Waals surface area contributed by atoms with Crippen molar-refractivity contribution in [1.82, 2.24) is 14.9 Å². The number of furan rings is 1. The van der Waals surface area contributed by atoms with Gasteiger partial charge in [-0.15, -0.1) is 0 Å². The van der Waals surface area contributed by atoms with Gasteiger partial charge in [-0.25, -0.2) is 14.8 Å². The zero-order valence-electron chi connectivity index (χ0n) is 15.4. The molecule has 7 heteroatoms. The van der Waals surface area contributed by atoms with E-state index in [-0.39, 0.29) is 0 Å². The third-order valence-electron chi connectivity index (χ3n) is 4.30. The van der Waals surface area contributed by atoms with Crippen LogP contribution in [0, 0.1) is 6.92 Å². The van der Waals surface area contributed by atoms with E-state index >= 15 is 0 Å². The molecule has 1 fully saturated rings. The van der Waals surface area contributed by atoms with Gasteiger partial charge in [-0.05, 0) is 38.1 Å². The highest BCUT2D eigenvalue weighted by molar-refractivity contribution is 5.87. The van der Waals surface area contributed by atoms with Crippen LogP contribution in [0.25, 0.3) is 6.08 Å². The quantitative estimate of drug-likeness (QED) is 0.762. The fourth-order valence-corrected chi connectivity index (χ4v) is 3.02. The van der Waals surface area contributed by atoms with Gasteiger partial charge in [-0.2, -0.15) is 0 Å². The van der Waals surface area contributed by atoms with Crippen LogP contribution in [0.4, 0.5) is 5.95 Å². The lowest BCUT2D eigenvalue weighted by Gasteiger charge is -2.35. The number of aromatic nitrogens is 2. The van der Waals surface area contributed by atoms with E-state index < -0.39 is 5.97 Å². The van der Waals surface area contributed by atoms with Gasteiger partial charge in [-0.3, -0.25) is 4.90 Å². The molecule has 0 aromatic carbocycles. The zero-order valence-corrected chi connectivity index (χ0v) is 15.4. The summed E-state index contributed by atoms with van der Waals surface area (Å²) < 4.78 is 10.1. The van der Waals surface area contributed by atoms with Crippen molar-refractivity contribution in [1.29, 1.82) is 0 Å². The molecular formula is C19H24N4O3. The van der Waals surface area contributed by atoms with Crippen LogP contribution in [0.2, 0.25) is 0 Å². The summed E-state index contributed by atoms with van der Waals surface area (Å²) >= 11 is 0. The largest absolute Gasteiger partial charge is 0.465 e. The van der Waals surface area contributed by atoms with Crippen molar-refractivity contribution in [2.45, 2.75) is 13.8 Å². The molecule has 0 amide bonds. The predicted octanol–water partition coefficient (Wildman–Crippen LogP) is 2.39. The first-order chi connectivity index (χ1) is 12.5. The van der Waals surface area contributed by atoms with E-state index in [0.29, 0.717) is 11.6 Å². The highest BCUT2D eigenvalue weighted by Crippen LogP contribution is 2.15.